The van der Waals surface area contributed by atoms with Gasteiger partial charge in [0.2, 0.25) is 0 Å². The van der Waals surface area contributed by atoms with Crippen molar-refractivity contribution in [3.8, 4) is 0 Å². The summed E-state index contributed by atoms with van der Waals surface area (Å²) in [5.41, 5.74) is 2.87. The van der Waals surface area contributed by atoms with Crippen LogP contribution in [-0.4, -0.2) is 35.1 Å². The Balaban J connectivity index is 2.75. The van der Waals surface area contributed by atoms with Gasteiger partial charge in [-0.25, -0.2) is 9.59 Å². The van der Waals surface area contributed by atoms with Gasteiger partial charge in [-0.15, -0.1) is 0 Å². The summed E-state index contributed by atoms with van der Waals surface area (Å²) < 4.78 is 0. The van der Waals surface area contributed by atoms with Crippen LogP contribution in [0.5, 0.6) is 0 Å². The van der Waals surface area contributed by atoms with E-state index in [-0.39, 0.29) is 0 Å². The molecule has 0 spiro atoms. The molecular weight excluding hydrogens is 232 g/mol. The van der Waals surface area contributed by atoms with Crippen molar-refractivity contribution >= 4 is 17.7 Å². The smallest absolute Gasteiger partial charge is 0.326 e. The first-order chi connectivity index (χ1) is 8.32. The lowest BCUT2D eigenvalue weighted by atomic mass is 10.1. The normalized spacial score (nSPS) is 11.8. The maximum Gasteiger partial charge on any atom is 0.326 e. The van der Waals surface area contributed by atoms with Crippen LogP contribution in [0.4, 0.5) is 10.5 Å². The van der Waals surface area contributed by atoms with E-state index < -0.39 is 18.0 Å². The Morgan fingerprint density at radius 3 is 2.39 bits per heavy atom. The number of amides is 2. The second-order valence-corrected chi connectivity index (χ2v) is 4.35. The monoisotopic (exact) mass is 250 g/mol. The molecular formula is C13H18N2O3. The highest BCUT2D eigenvalue weighted by atomic mass is 16.4. The van der Waals surface area contributed by atoms with Gasteiger partial charge in [0.15, 0.2) is 0 Å². The minimum Gasteiger partial charge on any atom is -0.480 e. The molecule has 5 heteroatoms. The number of anilines is 1. The Morgan fingerprint density at radius 1 is 1.28 bits per heavy atom. The molecule has 2 N–H and O–H groups in total. The number of carbonyl (C=O) groups is 2. The highest BCUT2D eigenvalue weighted by Gasteiger charge is 2.21. The lowest BCUT2D eigenvalue weighted by Crippen LogP contribution is -2.42. The number of nitrogens with one attached hydrogen (secondary N) is 1. The van der Waals surface area contributed by atoms with Crippen LogP contribution >= 0.6 is 0 Å². The standard InChI is InChI=1S/C13H18N2O3/c1-8-5-6-11(7-9(8)2)14-13(18)15(4)10(3)12(16)17/h5-7,10H,1-4H3,(H,14,18)(H,16,17). The second kappa shape index (κ2) is 5.53. The first-order valence-electron chi connectivity index (χ1n) is 5.66. The Labute approximate surface area is 106 Å². The second-order valence-electron chi connectivity index (χ2n) is 4.35. The largest absolute Gasteiger partial charge is 0.480 e. The maximum absolute atomic E-state index is 11.8. The van der Waals surface area contributed by atoms with E-state index in [0.29, 0.717) is 5.69 Å². The van der Waals surface area contributed by atoms with Crippen LogP contribution in [0.1, 0.15) is 18.1 Å². The molecule has 2 amide bonds. The molecule has 1 aromatic rings. The van der Waals surface area contributed by atoms with Crippen LogP contribution in [0.15, 0.2) is 18.2 Å². The SMILES string of the molecule is Cc1ccc(NC(=O)N(C)C(C)C(=O)O)cc1C. The third-order valence-corrected chi connectivity index (χ3v) is 3.02. The molecule has 0 aromatic heterocycles. The number of rotatable bonds is 3. The van der Waals surface area contributed by atoms with Gasteiger partial charge in [-0.3, -0.25) is 0 Å². The molecule has 98 valence electrons. The van der Waals surface area contributed by atoms with Gasteiger partial charge in [0.1, 0.15) is 6.04 Å². The Bertz CT molecular complexity index is 471. The quantitative estimate of drug-likeness (QED) is 0.864. The Morgan fingerprint density at radius 2 is 1.89 bits per heavy atom. The van der Waals surface area contributed by atoms with Crippen molar-refractivity contribution < 1.29 is 14.7 Å². The number of urea groups is 1. The Kier molecular flexibility index (Phi) is 4.31. The summed E-state index contributed by atoms with van der Waals surface area (Å²) >= 11 is 0. The topological polar surface area (TPSA) is 69.6 Å². The number of carboxylic acids is 1. The van der Waals surface area contributed by atoms with Gasteiger partial charge in [0.05, 0.1) is 0 Å². The summed E-state index contributed by atoms with van der Waals surface area (Å²) in [6, 6.07) is 4.25. The van der Waals surface area contributed by atoms with Gasteiger partial charge in [-0.1, -0.05) is 6.07 Å². The summed E-state index contributed by atoms with van der Waals surface area (Å²) in [6.07, 6.45) is 0. The molecule has 0 radical (unpaired) electrons. The number of nitrogens with zero attached hydrogens (tertiary/aromatic N) is 1. The third kappa shape index (κ3) is 3.23. The van der Waals surface area contributed by atoms with Crippen molar-refractivity contribution in [1.29, 1.82) is 0 Å². The average molecular weight is 250 g/mol. The molecule has 0 heterocycles. The molecule has 0 saturated carbocycles. The summed E-state index contributed by atoms with van der Waals surface area (Å²) in [4.78, 5) is 23.7. The van der Waals surface area contributed by atoms with Gasteiger partial charge < -0.3 is 15.3 Å². The Hall–Kier alpha value is -2.04. The predicted molar refractivity (Wildman–Crippen MR) is 69.8 cm³/mol. The van der Waals surface area contributed by atoms with Crippen LogP contribution in [0.2, 0.25) is 0 Å². The fraction of sp³-hybridized carbons (Fsp3) is 0.385. The van der Waals surface area contributed by atoms with E-state index in [0.717, 1.165) is 16.0 Å². The van der Waals surface area contributed by atoms with E-state index >= 15 is 0 Å². The first kappa shape index (κ1) is 14.0. The van der Waals surface area contributed by atoms with Gasteiger partial charge in [-0.2, -0.15) is 0 Å². The summed E-state index contributed by atoms with van der Waals surface area (Å²) in [7, 11) is 1.45. The van der Waals surface area contributed by atoms with Crippen molar-refractivity contribution in [2.75, 3.05) is 12.4 Å². The molecule has 0 aliphatic rings. The van der Waals surface area contributed by atoms with Gasteiger partial charge >= 0.3 is 12.0 Å². The highest BCUT2D eigenvalue weighted by Crippen LogP contribution is 2.14. The summed E-state index contributed by atoms with van der Waals surface area (Å²) in [5.74, 6) is -1.03. The van der Waals surface area contributed by atoms with Gasteiger partial charge in [-0.05, 0) is 44.0 Å². The molecule has 1 aromatic carbocycles. The highest BCUT2D eigenvalue weighted by molar-refractivity contribution is 5.92. The predicted octanol–water partition coefficient (Wildman–Crippen LogP) is 2.24. The zero-order chi connectivity index (χ0) is 13.9. The number of aryl methyl sites for hydroxylation is 2. The number of benzene rings is 1. The van der Waals surface area contributed by atoms with E-state index in [1.165, 1.54) is 14.0 Å². The molecule has 1 atom stereocenters. The first-order valence-corrected chi connectivity index (χ1v) is 5.66. The minimum atomic E-state index is -1.03. The van der Waals surface area contributed by atoms with E-state index in [1.807, 2.05) is 26.0 Å². The van der Waals surface area contributed by atoms with Crippen molar-refractivity contribution in [2.45, 2.75) is 26.8 Å². The molecule has 1 rings (SSSR count). The van der Waals surface area contributed by atoms with Crippen LogP contribution in [0.3, 0.4) is 0 Å². The lowest BCUT2D eigenvalue weighted by Gasteiger charge is -2.22. The molecule has 0 fully saturated rings. The molecule has 0 aliphatic carbocycles. The summed E-state index contributed by atoms with van der Waals surface area (Å²) in [5, 5.41) is 11.5. The number of carboxylic acid groups (broad SMARTS) is 1. The lowest BCUT2D eigenvalue weighted by molar-refractivity contribution is -0.141. The van der Waals surface area contributed by atoms with Crippen LogP contribution in [0, 0.1) is 13.8 Å². The number of aliphatic carboxylic acids is 1. The van der Waals surface area contributed by atoms with E-state index in [9.17, 15) is 9.59 Å². The molecule has 1 unspecified atom stereocenters. The molecule has 18 heavy (non-hydrogen) atoms. The van der Waals surface area contributed by atoms with E-state index in [2.05, 4.69) is 5.32 Å². The molecule has 0 saturated heterocycles. The van der Waals surface area contributed by atoms with Crippen molar-refractivity contribution in [2.24, 2.45) is 0 Å². The van der Waals surface area contributed by atoms with E-state index in [4.69, 9.17) is 5.11 Å². The number of hydrogen-bond donors (Lipinski definition) is 2. The zero-order valence-electron chi connectivity index (χ0n) is 11.0. The summed E-state index contributed by atoms with van der Waals surface area (Å²) in [6.45, 7) is 5.40. The zero-order valence-corrected chi connectivity index (χ0v) is 11.0. The van der Waals surface area contributed by atoms with Crippen LogP contribution < -0.4 is 5.32 Å². The number of carbonyl (C=O) groups excluding carboxylic acids is 1. The number of hydrogen-bond acceptors (Lipinski definition) is 2. The average Bonchev–Trinajstić information content (AvgIpc) is 2.31. The van der Waals surface area contributed by atoms with Crippen LogP contribution in [-0.2, 0) is 4.79 Å². The molecule has 0 aliphatic heterocycles. The molecule has 0 bridgehead atoms. The van der Waals surface area contributed by atoms with Gasteiger partial charge in [0, 0.05) is 12.7 Å². The number of likely N-dealkylation sites (N-methyl/N-ethyl adjacent to an activating group) is 1. The van der Waals surface area contributed by atoms with Crippen molar-refractivity contribution in [3.05, 3.63) is 29.3 Å². The third-order valence-electron chi connectivity index (χ3n) is 3.02. The van der Waals surface area contributed by atoms with Gasteiger partial charge in [0.25, 0.3) is 0 Å². The minimum absolute atomic E-state index is 0.437. The van der Waals surface area contributed by atoms with Crippen molar-refractivity contribution in [1.82, 2.24) is 4.90 Å². The fourth-order valence-electron chi connectivity index (χ4n) is 1.37. The van der Waals surface area contributed by atoms with Crippen molar-refractivity contribution in [3.63, 3.8) is 0 Å². The van der Waals surface area contributed by atoms with E-state index in [1.54, 1.807) is 6.07 Å². The molecule has 5 nitrogen and oxygen atoms in total. The van der Waals surface area contributed by atoms with Crippen LogP contribution in [0.25, 0.3) is 0 Å². The fourth-order valence-corrected chi connectivity index (χ4v) is 1.37. The maximum atomic E-state index is 11.8.